The number of rotatable bonds is 4. The molecule has 0 aromatic heterocycles. The number of hydrogen-bond donors (Lipinski definition) is 0. The van der Waals surface area contributed by atoms with Gasteiger partial charge in [-0.05, 0) is 50.5 Å². The van der Waals surface area contributed by atoms with E-state index in [1.807, 2.05) is 67.6 Å². The Hall–Kier alpha value is -2.50. The van der Waals surface area contributed by atoms with Crippen LogP contribution in [0.1, 0.15) is 37.0 Å². The van der Waals surface area contributed by atoms with Crippen molar-refractivity contribution in [3.05, 3.63) is 102 Å². The second kappa shape index (κ2) is 7.88. The Morgan fingerprint density at radius 1 is 0.871 bits per heavy atom. The van der Waals surface area contributed by atoms with Crippen molar-refractivity contribution in [2.45, 2.75) is 49.2 Å². The summed E-state index contributed by atoms with van der Waals surface area (Å²) in [5.41, 5.74) is 0.295. The number of alkyl halides is 1. The fourth-order valence-electron chi connectivity index (χ4n) is 4.70. The SMILES string of the molecule is Cc1ccc(S(=O)(=O)N2CC(c3ccccc3)(c3ccccc3)CC(C)(F)C2C)cc1. The monoisotopic (exact) mass is 437 g/mol. The zero-order chi connectivity index (χ0) is 22.3. The minimum Gasteiger partial charge on any atom is -0.242 e. The van der Waals surface area contributed by atoms with E-state index < -0.39 is 27.1 Å². The Morgan fingerprint density at radius 2 is 1.35 bits per heavy atom. The minimum atomic E-state index is -3.89. The van der Waals surface area contributed by atoms with Crippen molar-refractivity contribution in [2.24, 2.45) is 0 Å². The molecule has 0 radical (unpaired) electrons. The summed E-state index contributed by atoms with van der Waals surface area (Å²) in [6.07, 6.45) is 0.203. The van der Waals surface area contributed by atoms with Gasteiger partial charge in [-0.2, -0.15) is 4.31 Å². The first-order valence-corrected chi connectivity index (χ1v) is 12.0. The van der Waals surface area contributed by atoms with Crippen LogP contribution in [0.25, 0.3) is 0 Å². The molecule has 1 fully saturated rings. The van der Waals surface area contributed by atoms with Gasteiger partial charge in [-0.1, -0.05) is 78.4 Å². The molecular weight excluding hydrogens is 409 g/mol. The molecular formula is C26H28FNO2S. The van der Waals surface area contributed by atoms with Crippen molar-refractivity contribution < 1.29 is 12.8 Å². The molecule has 1 heterocycles. The van der Waals surface area contributed by atoms with Crippen LogP contribution in [0.5, 0.6) is 0 Å². The maximum Gasteiger partial charge on any atom is 0.243 e. The van der Waals surface area contributed by atoms with E-state index in [1.54, 1.807) is 31.2 Å². The van der Waals surface area contributed by atoms with Gasteiger partial charge in [-0.3, -0.25) is 0 Å². The van der Waals surface area contributed by atoms with Gasteiger partial charge in [0.15, 0.2) is 0 Å². The Labute approximate surface area is 184 Å². The number of aryl methyl sites for hydroxylation is 1. The van der Waals surface area contributed by atoms with Crippen LogP contribution in [0.2, 0.25) is 0 Å². The standard InChI is InChI=1S/C26H28FNO2S/c1-20-14-16-24(17-15-20)31(29,30)28-19-26(18-25(3,27)21(28)2,22-10-6-4-7-11-22)23-12-8-5-9-13-23/h4-17,21H,18-19H2,1-3H3. The zero-order valence-electron chi connectivity index (χ0n) is 18.1. The van der Waals surface area contributed by atoms with Crippen molar-refractivity contribution in [3.63, 3.8) is 0 Å². The summed E-state index contributed by atoms with van der Waals surface area (Å²) >= 11 is 0. The maximum absolute atomic E-state index is 16.2. The first-order valence-electron chi connectivity index (χ1n) is 10.6. The predicted molar refractivity (Wildman–Crippen MR) is 122 cm³/mol. The molecule has 3 aromatic carbocycles. The molecule has 0 N–H and O–H groups in total. The third-order valence-corrected chi connectivity index (χ3v) is 8.59. The van der Waals surface area contributed by atoms with Crippen molar-refractivity contribution in [2.75, 3.05) is 6.54 Å². The highest BCUT2D eigenvalue weighted by molar-refractivity contribution is 7.89. The summed E-state index contributed by atoms with van der Waals surface area (Å²) in [5.74, 6) is 0. The third kappa shape index (κ3) is 3.81. The molecule has 1 aliphatic heterocycles. The fraction of sp³-hybridized carbons (Fsp3) is 0.308. The summed E-state index contributed by atoms with van der Waals surface area (Å²) in [4.78, 5) is 0.192. The topological polar surface area (TPSA) is 37.4 Å². The van der Waals surface area contributed by atoms with Gasteiger partial charge >= 0.3 is 0 Å². The Bertz CT molecular complexity index is 1100. The van der Waals surface area contributed by atoms with Gasteiger partial charge in [-0.25, -0.2) is 12.8 Å². The smallest absolute Gasteiger partial charge is 0.242 e. The quantitative estimate of drug-likeness (QED) is 0.541. The molecule has 0 bridgehead atoms. The van der Waals surface area contributed by atoms with Gasteiger partial charge in [0.25, 0.3) is 0 Å². The van der Waals surface area contributed by atoms with Gasteiger partial charge in [-0.15, -0.1) is 0 Å². The van der Waals surface area contributed by atoms with Gasteiger partial charge in [0.05, 0.1) is 10.9 Å². The lowest BCUT2D eigenvalue weighted by Gasteiger charge is -2.51. The molecule has 1 saturated heterocycles. The molecule has 3 aromatic rings. The second-order valence-electron chi connectivity index (χ2n) is 8.81. The van der Waals surface area contributed by atoms with Crippen LogP contribution in [0, 0.1) is 6.92 Å². The Morgan fingerprint density at radius 3 is 1.84 bits per heavy atom. The lowest BCUT2D eigenvalue weighted by molar-refractivity contribution is 0.0148. The summed E-state index contributed by atoms with van der Waals surface area (Å²) in [5, 5.41) is 0. The number of nitrogens with zero attached hydrogens (tertiary/aromatic N) is 1. The minimum absolute atomic E-state index is 0.178. The summed E-state index contributed by atoms with van der Waals surface area (Å²) in [7, 11) is -3.89. The largest absolute Gasteiger partial charge is 0.243 e. The maximum atomic E-state index is 16.2. The van der Waals surface area contributed by atoms with Crippen LogP contribution in [0.4, 0.5) is 4.39 Å². The van der Waals surface area contributed by atoms with Crippen LogP contribution >= 0.6 is 0 Å². The van der Waals surface area contributed by atoms with Crippen LogP contribution in [0.15, 0.2) is 89.8 Å². The van der Waals surface area contributed by atoms with Crippen molar-refractivity contribution in [1.29, 1.82) is 0 Å². The van der Waals surface area contributed by atoms with E-state index in [0.717, 1.165) is 16.7 Å². The second-order valence-corrected chi connectivity index (χ2v) is 10.7. The number of benzene rings is 3. The number of hydrogen-bond acceptors (Lipinski definition) is 2. The molecule has 0 saturated carbocycles. The van der Waals surface area contributed by atoms with E-state index in [9.17, 15) is 8.42 Å². The average Bonchev–Trinajstić information content (AvgIpc) is 2.77. The highest BCUT2D eigenvalue weighted by Crippen LogP contribution is 2.48. The van der Waals surface area contributed by atoms with Crippen molar-refractivity contribution in [1.82, 2.24) is 4.31 Å². The molecule has 0 aliphatic carbocycles. The van der Waals surface area contributed by atoms with Crippen LogP contribution in [-0.2, 0) is 15.4 Å². The average molecular weight is 438 g/mol. The molecule has 5 heteroatoms. The van der Waals surface area contributed by atoms with Gasteiger partial charge in [0.2, 0.25) is 10.0 Å². The van der Waals surface area contributed by atoms with Gasteiger partial charge in [0, 0.05) is 12.0 Å². The first kappa shape index (κ1) is 21.7. The van der Waals surface area contributed by atoms with E-state index in [0.29, 0.717) is 0 Å². The van der Waals surface area contributed by atoms with Gasteiger partial charge < -0.3 is 0 Å². The van der Waals surface area contributed by atoms with Crippen LogP contribution < -0.4 is 0 Å². The molecule has 0 spiro atoms. The van der Waals surface area contributed by atoms with E-state index >= 15 is 4.39 Å². The van der Waals surface area contributed by atoms with Crippen LogP contribution in [0.3, 0.4) is 0 Å². The normalized spacial score (nSPS) is 24.1. The molecule has 2 atom stereocenters. The summed E-state index contributed by atoms with van der Waals surface area (Å²) < 4.78 is 45.0. The van der Waals surface area contributed by atoms with Crippen LogP contribution in [-0.4, -0.2) is 31.0 Å². The lowest BCUT2D eigenvalue weighted by Crippen LogP contribution is -2.62. The predicted octanol–water partition coefficient (Wildman–Crippen LogP) is 5.49. The molecule has 1 aliphatic rings. The third-order valence-electron chi connectivity index (χ3n) is 6.66. The number of sulfonamides is 1. The highest BCUT2D eigenvalue weighted by atomic mass is 32.2. The van der Waals surface area contributed by atoms with Gasteiger partial charge in [0.1, 0.15) is 5.67 Å². The molecule has 3 nitrogen and oxygen atoms in total. The molecule has 31 heavy (non-hydrogen) atoms. The Balaban J connectivity index is 1.91. The van der Waals surface area contributed by atoms with E-state index in [4.69, 9.17) is 0 Å². The molecule has 162 valence electrons. The lowest BCUT2D eigenvalue weighted by atomic mass is 9.65. The molecule has 4 rings (SSSR count). The summed E-state index contributed by atoms with van der Waals surface area (Å²) in [6.45, 7) is 5.28. The first-order chi connectivity index (χ1) is 14.7. The highest BCUT2D eigenvalue weighted by Gasteiger charge is 2.55. The van der Waals surface area contributed by atoms with E-state index in [1.165, 1.54) is 11.2 Å². The molecule has 0 amide bonds. The zero-order valence-corrected chi connectivity index (χ0v) is 18.9. The van der Waals surface area contributed by atoms with Crippen molar-refractivity contribution >= 4 is 10.0 Å². The molecule has 2 unspecified atom stereocenters. The number of piperidine rings is 1. The van der Waals surface area contributed by atoms with Crippen molar-refractivity contribution in [3.8, 4) is 0 Å². The van der Waals surface area contributed by atoms with E-state index in [-0.39, 0.29) is 17.9 Å². The fourth-order valence-corrected chi connectivity index (χ4v) is 6.48. The number of halogens is 1. The summed E-state index contributed by atoms with van der Waals surface area (Å²) in [6, 6.07) is 25.4. The Kier molecular flexibility index (Phi) is 5.52. The van der Waals surface area contributed by atoms with E-state index in [2.05, 4.69) is 0 Å².